The molecule has 0 saturated carbocycles. The summed E-state index contributed by atoms with van der Waals surface area (Å²) >= 11 is 0. The number of hydrogen-bond acceptors (Lipinski definition) is 6. The van der Waals surface area contributed by atoms with E-state index in [9.17, 15) is 22.2 Å². The van der Waals surface area contributed by atoms with Gasteiger partial charge in [-0.25, -0.2) is 0 Å². The van der Waals surface area contributed by atoms with Crippen LogP contribution >= 0.6 is 0 Å². The number of aliphatic hydroxyl groups excluding tert-OH is 1. The van der Waals surface area contributed by atoms with E-state index in [0.717, 1.165) is 0 Å². The number of hydrogen-bond donors (Lipinski definition) is 1. The van der Waals surface area contributed by atoms with E-state index in [2.05, 4.69) is 0 Å². The van der Waals surface area contributed by atoms with Gasteiger partial charge in [0, 0.05) is 18.9 Å². The maximum Gasteiger partial charge on any atom is 0.302 e. The highest BCUT2D eigenvalue weighted by Gasteiger charge is 2.49. The van der Waals surface area contributed by atoms with Crippen LogP contribution in [0.25, 0.3) is 0 Å². The first-order valence-electron chi connectivity index (χ1n) is 6.68. The molecule has 2 rings (SSSR count). The lowest BCUT2D eigenvalue weighted by Gasteiger charge is -2.47. The molecule has 2 saturated heterocycles. The molecule has 2 heterocycles. The van der Waals surface area contributed by atoms with Gasteiger partial charge in [0.05, 0.1) is 25.6 Å². The first-order chi connectivity index (χ1) is 9.57. The predicted molar refractivity (Wildman–Crippen MR) is 70.5 cm³/mol. The second-order valence-electron chi connectivity index (χ2n) is 6.14. The number of carbonyl (C=O) groups excluding carboxylic acids is 1. The zero-order valence-electron chi connectivity index (χ0n) is 12.0. The summed E-state index contributed by atoms with van der Waals surface area (Å²) in [6.45, 7) is 3.30. The van der Waals surface area contributed by atoms with Crippen molar-refractivity contribution in [2.75, 3.05) is 32.1 Å². The molecule has 0 aromatic heterocycles. The number of carbonyl (C=O) groups is 1. The zero-order chi connectivity index (χ0) is 15.9. The highest BCUT2D eigenvalue weighted by Crippen LogP contribution is 2.33. The minimum absolute atomic E-state index is 0.0612. The lowest BCUT2D eigenvalue weighted by Crippen LogP contribution is -2.63. The average molecular weight is 325 g/mol. The molecule has 122 valence electrons. The molecule has 1 atom stereocenters. The fraction of sp³-hybridized carbons (Fsp3) is 0.917. The minimum Gasteiger partial charge on any atom is -0.394 e. The second kappa shape index (κ2) is 5.45. The second-order valence-corrected chi connectivity index (χ2v) is 7.55. The summed E-state index contributed by atoms with van der Waals surface area (Å²) in [6.07, 6.45) is -0.0612. The number of aliphatic hydroxyl groups is 1. The number of nitrogens with zero attached hydrogens (tertiary/aromatic N) is 1. The van der Waals surface area contributed by atoms with E-state index in [0.29, 0.717) is 0 Å². The van der Waals surface area contributed by atoms with Crippen molar-refractivity contribution >= 4 is 16.1 Å². The van der Waals surface area contributed by atoms with Gasteiger partial charge in [-0.3, -0.25) is 4.79 Å². The first-order valence-corrected chi connectivity index (χ1v) is 8.24. The van der Waals surface area contributed by atoms with Crippen molar-refractivity contribution < 1.29 is 31.7 Å². The Morgan fingerprint density at radius 3 is 2.43 bits per heavy atom. The Labute approximate surface area is 123 Å². The molecule has 9 heteroatoms. The van der Waals surface area contributed by atoms with Gasteiger partial charge in [0.1, 0.15) is 5.54 Å². The topological polar surface area (TPSA) is 93.1 Å². The largest absolute Gasteiger partial charge is 0.394 e. The lowest BCUT2D eigenvalue weighted by molar-refractivity contribution is -0.288. The van der Waals surface area contributed by atoms with Gasteiger partial charge in [-0.05, 0) is 13.8 Å². The summed E-state index contributed by atoms with van der Waals surface area (Å²) in [5, 5.41) is 9.66. The summed E-state index contributed by atoms with van der Waals surface area (Å²) in [6, 6.07) is 0. The van der Waals surface area contributed by atoms with Crippen LogP contribution in [0.3, 0.4) is 0 Å². The van der Waals surface area contributed by atoms with Crippen LogP contribution < -0.4 is 0 Å². The fourth-order valence-electron chi connectivity index (χ4n) is 2.67. The van der Waals surface area contributed by atoms with Gasteiger partial charge in [-0.15, -0.1) is 3.89 Å². The third-order valence-electron chi connectivity index (χ3n) is 3.88. The molecular formula is C12H20FNO6S. The number of amides is 1. The first kappa shape index (κ1) is 16.6. The molecule has 7 nitrogen and oxygen atoms in total. The molecule has 21 heavy (non-hydrogen) atoms. The molecule has 1 amide bonds. The highest BCUT2D eigenvalue weighted by molar-refractivity contribution is 7.86. The van der Waals surface area contributed by atoms with E-state index in [1.165, 1.54) is 4.90 Å². The van der Waals surface area contributed by atoms with Crippen molar-refractivity contribution in [3.8, 4) is 0 Å². The summed E-state index contributed by atoms with van der Waals surface area (Å²) in [5.41, 5.74) is -1.04. The van der Waals surface area contributed by atoms with Gasteiger partial charge < -0.3 is 19.5 Å². The van der Waals surface area contributed by atoms with E-state index in [1.807, 2.05) is 0 Å². The maximum atomic E-state index is 12.8. The van der Waals surface area contributed by atoms with Crippen molar-refractivity contribution in [3.63, 3.8) is 0 Å². The van der Waals surface area contributed by atoms with Gasteiger partial charge >= 0.3 is 10.2 Å². The van der Waals surface area contributed by atoms with Crippen LogP contribution in [0.4, 0.5) is 3.89 Å². The minimum atomic E-state index is -4.63. The lowest BCUT2D eigenvalue weighted by atomic mass is 9.99. The molecular weight excluding hydrogens is 305 g/mol. The van der Waals surface area contributed by atoms with Crippen LogP contribution in [0.15, 0.2) is 0 Å². The van der Waals surface area contributed by atoms with E-state index < -0.39 is 33.2 Å². The van der Waals surface area contributed by atoms with Crippen molar-refractivity contribution in [2.45, 2.75) is 31.6 Å². The standard InChI is InChI=1S/C12H20FNO6S/c1-11(2)19-7-12(6-15,8-20-11)14-4-9(3-10(14)16)5-21(13,17)18/h9,15H,3-8H2,1-2H3. The smallest absolute Gasteiger partial charge is 0.302 e. The summed E-state index contributed by atoms with van der Waals surface area (Å²) in [7, 11) is -4.63. The van der Waals surface area contributed by atoms with E-state index in [4.69, 9.17) is 9.47 Å². The Bertz CT molecular complexity index is 510. The van der Waals surface area contributed by atoms with Crippen LogP contribution in [0, 0.1) is 5.92 Å². The highest BCUT2D eigenvalue weighted by atomic mass is 32.3. The molecule has 1 N–H and O–H groups in total. The molecule has 1 unspecified atom stereocenters. The molecule has 0 aromatic rings. The van der Waals surface area contributed by atoms with Crippen LogP contribution in [0.5, 0.6) is 0 Å². The number of ether oxygens (including phenoxy) is 2. The van der Waals surface area contributed by atoms with E-state index in [-0.39, 0.29) is 38.7 Å². The Kier molecular flexibility index (Phi) is 4.31. The van der Waals surface area contributed by atoms with Crippen molar-refractivity contribution in [2.24, 2.45) is 5.92 Å². The third kappa shape index (κ3) is 3.71. The van der Waals surface area contributed by atoms with Crippen molar-refractivity contribution in [1.82, 2.24) is 4.90 Å². The monoisotopic (exact) mass is 325 g/mol. The van der Waals surface area contributed by atoms with Gasteiger partial charge in [0.25, 0.3) is 0 Å². The fourth-order valence-corrected chi connectivity index (χ4v) is 3.45. The molecule has 0 radical (unpaired) electrons. The number of halogens is 1. The Hall–Kier alpha value is -0.770. The van der Waals surface area contributed by atoms with Gasteiger partial charge in [0.2, 0.25) is 5.91 Å². The summed E-state index contributed by atoms with van der Waals surface area (Å²) < 4.78 is 45.2. The Morgan fingerprint density at radius 1 is 1.38 bits per heavy atom. The van der Waals surface area contributed by atoms with Crippen LogP contribution in [-0.2, 0) is 24.5 Å². The average Bonchev–Trinajstić information content (AvgIpc) is 2.69. The molecule has 2 fully saturated rings. The normalized spacial score (nSPS) is 28.9. The molecule has 2 aliphatic rings. The predicted octanol–water partition coefficient (Wildman–Crippen LogP) is -0.352. The van der Waals surface area contributed by atoms with Crippen LogP contribution in [-0.4, -0.2) is 67.8 Å². The van der Waals surface area contributed by atoms with E-state index >= 15 is 0 Å². The molecule has 0 aromatic carbocycles. The molecule has 0 aliphatic carbocycles. The van der Waals surface area contributed by atoms with Gasteiger partial charge in [0.15, 0.2) is 5.79 Å². The van der Waals surface area contributed by atoms with Crippen LogP contribution in [0.1, 0.15) is 20.3 Å². The molecule has 0 bridgehead atoms. The van der Waals surface area contributed by atoms with Crippen molar-refractivity contribution in [3.05, 3.63) is 0 Å². The Balaban J connectivity index is 2.11. The van der Waals surface area contributed by atoms with Gasteiger partial charge in [-0.1, -0.05) is 0 Å². The maximum absolute atomic E-state index is 12.8. The quantitative estimate of drug-likeness (QED) is 0.710. The summed E-state index contributed by atoms with van der Waals surface area (Å²) in [4.78, 5) is 13.4. The molecule has 0 spiro atoms. The third-order valence-corrected chi connectivity index (χ3v) is 4.75. The van der Waals surface area contributed by atoms with E-state index in [1.54, 1.807) is 13.8 Å². The SMILES string of the molecule is CC1(C)OCC(CO)(N2CC(CS(=O)(=O)F)CC2=O)CO1. The van der Waals surface area contributed by atoms with Crippen molar-refractivity contribution in [1.29, 1.82) is 0 Å². The summed E-state index contributed by atoms with van der Waals surface area (Å²) in [5.74, 6) is -2.44. The zero-order valence-corrected chi connectivity index (χ0v) is 12.9. The molecule has 2 aliphatic heterocycles. The number of likely N-dealkylation sites (tertiary alicyclic amines) is 1. The van der Waals surface area contributed by atoms with Crippen LogP contribution in [0.2, 0.25) is 0 Å². The Morgan fingerprint density at radius 2 is 1.95 bits per heavy atom. The number of rotatable bonds is 4. The van der Waals surface area contributed by atoms with Gasteiger partial charge in [-0.2, -0.15) is 8.42 Å².